The quantitative estimate of drug-likeness (QED) is 0.508. The fraction of sp³-hybridized carbons (Fsp3) is 0.294. The summed E-state index contributed by atoms with van der Waals surface area (Å²) >= 11 is 15.3. The first kappa shape index (κ1) is 20.0. The van der Waals surface area contributed by atoms with E-state index >= 15 is 0 Å². The van der Waals surface area contributed by atoms with Crippen LogP contribution in [0.5, 0.6) is 5.75 Å². The van der Waals surface area contributed by atoms with Crippen LogP contribution >= 0.6 is 39.1 Å². The van der Waals surface area contributed by atoms with Crippen LogP contribution in [-0.2, 0) is 9.53 Å². The van der Waals surface area contributed by atoms with E-state index < -0.39 is 5.91 Å². The third-order valence-corrected chi connectivity index (χ3v) is 4.72. The Kier molecular flexibility index (Phi) is 7.01. The van der Waals surface area contributed by atoms with E-state index in [1.54, 1.807) is 18.2 Å². The van der Waals surface area contributed by atoms with E-state index in [2.05, 4.69) is 31.4 Å². The van der Waals surface area contributed by atoms with Crippen molar-refractivity contribution in [1.82, 2.24) is 5.43 Å². The number of benzene rings is 1. The lowest BCUT2D eigenvalue weighted by molar-refractivity contribution is -0.123. The second-order valence-electron chi connectivity index (χ2n) is 5.56. The number of hydrazone groups is 1. The number of nitrogens with zero attached hydrogens (tertiary/aromatic N) is 2. The van der Waals surface area contributed by atoms with Gasteiger partial charge in [0.15, 0.2) is 12.4 Å². The number of amides is 1. The van der Waals surface area contributed by atoms with Gasteiger partial charge in [-0.25, -0.2) is 5.43 Å². The molecular formula is C17H16BrCl2N3O4. The number of hydrogen-bond donors (Lipinski definition) is 1. The van der Waals surface area contributed by atoms with Crippen molar-refractivity contribution in [2.45, 2.75) is 0 Å². The van der Waals surface area contributed by atoms with Crippen LogP contribution in [0.2, 0.25) is 10.0 Å². The van der Waals surface area contributed by atoms with Gasteiger partial charge in [0, 0.05) is 24.2 Å². The van der Waals surface area contributed by atoms with E-state index in [1.165, 1.54) is 12.3 Å². The van der Waals surface area contributed by atoms with Crippen molar-refractivity contribution in [1.29, 1.82) is 0 Å². The van der Waals surface area contributed by atoms with Gasteiger partial charge in [0.2, 0.25) is 5.88 Å². The topological polar surface area (TPSA) is 76.3 Å². The predicted molar refractivity (Wildman–Crippen MR) is 107 cm³/mol. The van der Waals surface area contributed by atoms with Gasteiger partial charge in [-0.1, -0.05) is 23.2 Å². The average Bonchev–Trinajstić information content (AvgIpc) is 3.02. The van der Waals surface area contributed by atoms with Gasteiger partial charge in [0.1, 0.15) is 5.75 Å². The molecule has 1 amide bonds. The van der Waals surface area contributed by atoms with Crippen molar-refractivity contribution in [3.05, 3.63) is 44.5 Å². The summed E-state index contributed by atoms with van der Waals surface area (Å²) in [6, 6.07) is 6.54. The molecule has 0 radical (unpaired) electrons. The van der Waals surface area contributed by atoms with E-state index in [0.717, 1.165) is 17.6 Å². The van der Waals surface area contributed by atoms with Gasteiger partial charge in [-0.2, -0.15) is 5.10 Å². The minimum Gasteiger partial charge on any atom is -0.482 e. The van der Waals surface area contributed by atoms with Gasteiger partial charge in [0.25, 0.3) is 5.91 Å². The Hall–Kier alpha value is -1.74. The van der Waals surface area contributed by atoms with Crippen LogP contribution in [0, 0.1) is 0 Å². The Morgan fingerprint density at radius 2 is 2.11 bits per heavy atom. The molecular weight excluding hydrogens is 461 g/mol. The molecule has 0 atom stereocenters. The minimum absolute atomic E-state index is 0.237. The predicted octanol–water partition coefficient (Wildman–Crippen LogP) is 3.71. The molecule has 144 valence electrons. The van der Waals surface area contributed by atoms with Gasteiger partial charge in [-0.15, -0.1) is 0 Å². The Morgan fingerprint density at radius 3 is 2.85 bits per heavy atom. The molecule has 1 aliphatic rings. The van der Waals surface area contributed by atoms with E-state index in [-0.39, 0.29) is 6.61 Å². The van der Waals surface area contributed by atoms with Crippen LogP contribution in [0.3, 0.4) is 0 Å². The summed E-state index contributed by atoms with van der Waals surface area (Å²) < 4.78 is 17.2. The number of halogens is 3. The van der Waals surface area contributed by atoms with Crippen molar-refractivity contribution in [3.8, 4) is 5.75 Å². The number of anilines is 1. The Labute approximate surface area is 174 Å². The maximum atomic E-state index is 11.8. The molecule has 2 heterocycles. The smallest absolute Gasteiger partial charge is 0.277 e. The lowest BCUT2D eigenvalue weighted by atomic mass is 10.3. The molecule has 1 saturated heterocycles. The molecule has 1 aromatic carbocycles. The van der Waals surface area contributed by atoms with Crippen molar-refractivity contribution in [3.63, 3.8) is 0 Å². The van der Waals surface area contributed by atoms with Gasteiger partial charge in [-0.3, -0.25) is 4.79 Å². The lowest BCUT2D eigenvalue weighted by Gasteiger charge is -2.26. The first-order chi connectivity index (χ1) is 13.0. The van der Waals surface area contributed by atoms with Gasteiger partial charge in [-0.05, 0) is 34.1 Å². The van der Waals surface area contributed by atoms with Crippen LogP contribution < -0.4 is 15.1 Å². The first-order valence-corrected chi connectivity index (χ1v) is 9.59. The molecule has 7 nitrogen and oxygen atoms in total. The summed E-state index contributed by atoms with van der Waals surface area (Å²) in [5.41, 5.74) is 2.37. The molecule has 0 spiro atoms. The second-order valence-corrected chi connectivity index (χ2v) is 7.26. The first-order valence-electron chi connectivity index (χ1n) is 8.04. The molecule has 0 unspecified atom stereocenters. The molecule has 2 aromatic rings. The van der Waals surface area contributed by atoms with E-state index in [4.69, 9.17) is 37.1 Å². The summed E-state index contributed by atoms with van der Waals surface area (Å²) in [7, 11) is 0. The molecule has 3 rings (SSSR count). The summed E-state index contributed by atoms with van der Waals surface area (Å²) in [5, 5.41) is 4.69. The van der Waals surface area contributed by atoms with Crippen LogP contribution in [0.25, 0.3) is 0 Å². The number of rotatable bonds is 6. The summed E-state index contributed by atoms with van der Waals surface area (Å²) in [5.74, 6) is 1.15. The lowest BCUT2D eigenvalue weighted by Crippen LogP contribution is -2.36. The third-order valence-electron chi connectivity index (χ3n) is 3.62. The number of morpholine rings is 1. The van der Waals surface area contributed by atoms with E-state index in [0.29, 0.717) is 40.7 Å². The van der Waals surface area contributed by atoms with Crippen molar-refractivity contribution >= 4 is 57.1 Å². The Balaban J connectivity index is 1.50. The number of furan rings is 1. The molecule has 1 N–H and O–H groups in total. The second kappa shape index (κ2) is 9.45. The van der Waals surface area contributed by atoms with Crippen LogP contribution in [0.15, 0.2) is 38.3 Å². The van der Waals surface area contributed by atoms with Gasteiger partial charge < -0.3 is 18.8 Å². The van der Waals surface area contributed by atoms with Gasteiger partial charge in [0.05, 0.1) is 28.9 Å². The summed E-state index contributed by atoms with van der Waals surface area (Å²) in [4.78, 5) is 13.9. The van der Waals surface area contributed by atoms with E-state index in [1.807, 2.05) is 0 Å². The normalized spacial score (nSPS) is 14.6. The zero-order chi connectivity index (χ0) is 19.2. The number of nitrogens with one attached hydrogen (secondary N) is 1. The minimum atomic E-state index is -0.434. The molecule has 0 bridgehead atoms. The largest absolute Gasteiger partial charge is 0.482 e. The number of carbonyl (C=O) groups excluding carboxylic acids is 1. The third kappa shape index (κ3) is 5.62. The van der Waals surface area contributed by atoms with Crippen LogP contribution in [0.4, 0.5) is 5.88 Å². The van der Waals surface area contributed by atoms with Crippen molar-refractivity contribution < 1.29 is 18.7 Å². The van der Waals surface area contributed by atoms with Crippen molar-refractivity contribution in [2.75, 3.05) is 37.8 Å². The highest BCUT2D eigenvalue weighted by Crippen LogP contribution is 2.30. The summed E-state index contributed by atoms with van der Waals surface area (Å²) in [6.45, 7) is 2.59. The molecule has 10 heteroatoms. The Bertz CT molecular complexity index is 838. The van der Waals surface area contributed by atoms with Crippen molar-refractivity contribution in [2.24, 2.45) is 5.10 Å². The molecule has 0 aliphatic carbocycles. The zero-order valence-electron chi connectivity index (χ0n) is 14.1. The maximum Gasteiger partial charge on any atom is 0.277 e. The molecule has 0 saturated carbocycles. The highest BCUT2D eigenvalue weighted by atomic mass is 79.9. The fourth-order valence-corrected chi connectivity index (χ4v) is 3.38. The molecule has 1 fully saturated rings. The Morgan fingerprint density at radius 1 is 1.33 bits per heavy atom. The monoisotopic (exact) mass is 475 g/mol. The number of ether oxygens (including phenoxy) is 2. The molecule has 1 aliphatic heterocycles. The standard InChI is InChI=1S/C17H16BrCl2N3O4/c18-13-8-12(27-17(13)23-3-5-25-6-4-23)9-21-22-16(24)10-26-15-2-1-11(19)7-14(15)20/h1-2,7-9H,3-6,10H2,(H,22,24)/b21-9+. The van der Waals surface area contributed by atoms with E-state index in [9.17, 15) is 4.79 Å². The highest BCUT2D eigenvalue weighted by molar-refractivity contribution is 9.10. The maximum absolute atomic E-state index is 11.8. The van der Waals surface area contributed by atoms with Crippen LogP contribution in [0.1, 0.15) is 5.76 Å². The SMILES string of the molecule is O=C(COc1ccc(Cl)cc1Cl)N/N=C/c1cc(Br)c(N2CCOCC2)o1. The number of carbonyl (C=O) groups is 1. The fourth-order valence-electron chi connectivity index (χ4n) is 2.36. The molecule has 27 heavy (non-hydrogen) atoms. The molecule has 1 aromatic heterocycles. The zero-order valence-corrected chi connectivity index (χ0v) is 17.2. The highest BCUT2D eigenvalue weighted by Gasteiger charge is 2.18. The average molecular weight is 477 g/mol. The summed E-state index contributed by atoms with van der Waals surface area (Å²) in [6.07, 6.45) is 1.42. The number of hydrogen-bond acceptors (Lipinski definition) is 6. The van der Waals surface area contributed by atoms with Crippen LogP contribution in [-0.4, -0.2) is 45.0 Å². The van der Waals surface area contributed by atoms with Gasteiger partial charge >= 0.3 is 0 Å².